The molecule has 0 saturated carbocycles. The summed E-state index contributed by atoms with van der Waals surface area (Å²) < 4.78 is 13.3. The molecule has 1 unspecified atom stereocenters. The third kappa shape index (κ3) is 3.17. The number of benzene rings is 2. The van der Waals surface area contributed by atoms with Gasteiger partial charge in [0.15, 0.2) is 0 Å². The molecule has 0 radical (unpaired) electrons. The van der Waals surface area contributed by atoms with Gasteiger partial charge in [0.05, 0.1) is 10.4 Å². The lowest BCUT2D eigenvalue weighted by atomic mass is 10.0. The Kier molecular flexibility index (Phi) is 4.50. The molecule has 2 rings (SSSR count). The molecule has 0 heterocycles. The Hall–Kier alpha value is -0.760. The van der Waals surface area contributed by atoms with Crippen molar-refractivity contribution in [1.82, 2.24) is 0 Å². The molecule has 0 aliphatic rings. The zero-order chi connectivity index (χ0) is 13.1. The number of rotatable bonds is 3. The predicted molar refractivity (Wildman–Crippen MR) is 75.2 cm³/mol. The highest BCUT2D eigenvalue weighted by Crippen LogP contribution is 2.29. The van der Waals surface area contributed by atoms with Crippen LogP contribution in [0, 0.1) is 5.82 Å². The molecule has 0 nitrogen and oxygen atoms in total. The first-order valence-corrected chi connectivity index (χ1v) is 6.59. The summed E-state index contributed by atoms with van der Waals surface area (Å²) in [5.41, 5.74) is 1.63. The van der Waals surface area contributed by atoms with Crippen LogP contribution in [0.25, 0.3) is 0 Å². The number of halogens is 4. The molecule has 1 atom stereocenters. The summed E-state index contributed by atoms with van der Waals surface area (Å²) in [6.07, 6.45) is 0.544. The third-order valence-corrected chi connectivity index (χ3v) is 3.74. The standard InChI is InChI=1S/C14H10Cl3F/c15-11-4-2-1-3-9(11)7-13(17)10-5-6-12(16)14(18)8-10/h1-6,8,13H,7H2. The van der Waals surface area contributed by atoms with Crippen molar-refractivity contribution in [3.8, 4) is 0 Å². The summed E-state index contributed by atoms with van der Waals surface area (Å²) in [6.45, 7) is 0. The summed E-state index contributed by atoms with van der Waals surface area (Å²) in [4.78, 5) is 0. The van der Waals surface area contributed by atoms with E-state index in [4.69, 9.17) is 34.8 Å². The van der Waals surface area contributed by atoms with Gasteiger partial charge in [0.2, 0.25) is 0 Å². The first kappa shape index (κ1) is 13.7. The Labute approximate surface area is 120 Å². The molecule has 0 amide bonds. The molecular formula is C14H10Cl3F. The van der Waals surface area contributed by atoms with Crippen molar-refractivity contribution in [1.29, 1.82) is 0 Å². The van der Waals surface area contributed by atoms with Crippen LogP contribution in [0.1, 0.15) is 16.5 Å². The zero-order valence-electron chi connectivity index (χ0n) is 9.34. The topological polar surface area (TPSA) is 0 Å². The Balaban J connectivity index is 2.19. The van der Waals surface area contributed by atoms with Gasteiger partial charge in [0.25, 0.3) is 0 Å². The second kappa shape index (κ2) is 5.92. The van der Waals surface area contributed by atoms with Gasteiger partial charge in [0, 0.05) is 5.02 Å². The van der Waals surface area contributed by atoms with E-state index in [1.54, 1.807) is 6.07 Å². The number of alkyl halides is 1. The van der Waals surface area contributed by atoms with Gasteiger partial charge in [-0.15, -0.1) is 11.6 Å². The maximum absolute atomic E-state index is 13.3. The van der Waals surface area contributed by atoms with E-state index in [1.165, 1.54) is 12.1 Å². The van der Waals surface area contributed by atoms with Crippen LogP contribution in [0.15, 0.2) is 42.5 Å². The largest absolute Gasteiger partial charge is 0.205 e. The third-order valence-electron chi connectivity index (χ3n) is 2.66. The van der Waals surface area contributed by atoms with Gasteiger partial charge < -0.3 is 0 Å². The minimum atomic E-state index is -0.459. The maximum atomic E-state index is 13.3. The summed E-state index contributed by atoms with van der Waals surface area (Å²) in [5.74, 6) is -0.459. The Morgan fingerprint density at radius 1 is 1.00 bits per heavy atom. The Morgan fingerprint density at radius 2 is 1.72 bits per heavy atom. The van der Waals surface area contributed by atoms with Crippen LogP contribution in [-0.2, 0) is 6.42 Å². The van der Waals surface area contributed by atoms with E-state index in [0.717, 1.165) is 5.56 Å². The second-order valence-electron chi connectivity index (χ2n) is 3.94. The lowest BCUT2D eigenvalue weighted by Gasteiger charge is -2.11. The molecule has 0 saturated heterocycles. The van der Waals surface area contributed by atoms with E-state index in [9.17, 15) is 4.39 Å². The van der Waals surface area contributed by atoms with Crippen molar-refractivity contribution >= 4 is 34.8 Å². The first-order valence-electron chi connectivity index (χ1n) is 5.40. The minimum Gasteiger partial charge on any atom is -0.205 e. The molecule has 2 aromatic rings. The van der Waals surface area contributed by atoms with Crippen LogP contribution in [0.4, 0.5) is 4.39 Å². The average Bonchev–Trinajstić information content (AvgIpc) is 2.35. The van der Waals surface area contributed by atoms with Crippen molar-refractivity contribution in [3.63, 3.8) is 0 Å². The van der Waals surface area contributed by atoms with E-state index in [2.05, 4.69) is 0 Å². The molecule has 0 bridgehead atoms. The van der Waals surface area contributed by atoms with E-state index in [-0.39, 0.29) is 10.4 Å². The van der Waals surface area contributed by atoms with Gasteiger partial charge in [-0.25, -0.2) is 4.39 Å². The Morgan fingerprint density at radius 3 is 2.39 bits per heavy atom. The van der Waals surface area contributed by atoms with E-state index in [0.29, 0.717) is 17.0 Å². The zero-order valence-corrected chi connectivity index (χ0v) is 11.6. The highest BCUT2D eigenvalue weighted by Gasteiger charge is 2.12. The van der Waals surface area contributed by atoms with Gasteiger partial charge in [-0.2, -0.15) is 0 Å². The fraction of sp³-hybridized carbons (Fsp3) is 0.143. The maximum Gasteiger partial charge on any atom is 0.142 e. The van der Waals surface area contributed by atoms with Gasteiger partial charge in [0.1, 0.15) is 5.82 Å². The van der Waals surface area contributed by atoms with Crippen molar-refractivity contribution in [2.75, 3.05) is 0 Å². The van der Waals surface area contributed by atoms with E-state index >= 15 is 0 Å². The molecule has 0 fully saturated rings. The van der Waals surface area contributed by atoms with Crippen molar-refractivity contribution < 1.29 is 4.39 Å². The molecule has 0 N–H and O–H groups in total. The molecule has 0 aliphatic carbocycles. The average molecular weight is 304 g/mol. The van der Waals surface area contributed by atoms with Crippen LogP contribution in [0.2, 0.25) is 10.0 Å². The van der Waals surface area contributed by atoms with Crippen LogP contribution < -0.4 is 0 Å². The number of hydrogen-bond acceptors (Lipinski definition) is 0. The highest BCUT2D eigenvalue weighted by molar-refractivity contribution is 6.31. The van der Waals surface area contributed by atoms with Gasteiger partial charge in [-0.05, 0) is 35.7 Å². The molecule has 0 aliphatic heterocycles. The lowest BCUT2D eigenvalue weighted by Crippen LogP contribution is -1.97. The molecule has 2 aromatic carbocycles. The Bertz CT molecular complexity index is 554. The summed E-state index contributed by atoms with van der Waals surface area (Å²) in [6, 6.07) is 12.1. The predicted octanol–water partition coefficient (Wildman–Crippen LogP) is 5.66. The van der Waals surface area contributed by atoms with Crippen LogP contribution in [0.3, 0.4) is 0 Å². The van der Waals surface area contributed by atoms with Crippen molar-refractivity contribution in [3.05, 3.63) is 69.5 Å². The number of hydrogen-bond donors (Lipinski definition) is 0. The molecule has 4 heteroatoms. The fourth-order valence-electron chi connectivity index (χ4n) is 1.68. The van der Waals surface area contributed by atoms with Crippen LogP contribution in [0.5, 0.6) is 0 Å². The molecule has 0 aromatic heterocycles. The van der Waals surface area contributed by atoms with Crippen molar-refractivity contribution in [2.45, 2.75) is 11.8 Å². The minimum absolute atomic E-state index is 0.0976. The summed E-state index contributed by atoms with van der Waals surface area (Å²) in [5, 5.41) is 0.426. The smallest absolute Gasteiger partial charge is 0.142 e. The molecule has 0 spiro atoms. The van der Waals surface area contributed by atoms with Crippen molar-refractivity contribution in [2.24, 2.45) is 0 Å². The van der Waals surface area contributed by atoms with Gasteiger partial charge >= 0.3 is 0 Å². The highest BCUT2D eigenvalue weighted by atomic mass is 35.5. The quantitative estimate of drug-likeness (QED) is 0.642. The van der Waals surface area contributed by atoms with E-state index < -0.39 is 5.82 Å². The van der Waals surface area contributed by atoms with Crippen LogP contribution in [-0.4, -0.2) is 0 Å². The molecule has 94 valence electrons. The fourth-order valence-corrected chi connectivity index (χ4v) is 2.31. The second-order valence-corrected chi connectivity index (χ2v) is 5.28. The van der Waals surface area contributed by atoms with E-state index in [1.807, 2.05) is 24.3 Å². The SMILES string of the molecule is Fc1cc(C(Cl)Cc2ccccc2Cl)ccc1Cl. The first-order chi connectivity index (χ1) is 8.58. The van der Waals surface area contributed by atoms with Crippen LogP contribution >= 0.6 is 34.8 Å². The summed E-state index contributed by atoms with van der Waals surface area (Å²) in [7, 11) is 0. The monoisotopic (exact) mass is 302 g/mol. The molecule has 18 heavy (non-hydrogen) atoms. The molecular weight excluding hydrogens is 294 g/mol. The summed E-state index contributed by atoms with van der Waals surface area (Å²) >= 11 is 18.0. The normalized spacial score (nSPS) is 12.4. The lowest BCUT2D eigenvalue weighted by molar-refractivity contribution is 0.625. The van der Waals surface area contributed by atoms with Gasteiger partial charge in [-0.1, -0.05) is 47.5 Å². The van der Waals surface area contributed by atoms with Gasteiger partial charge in [-0.3, -0.25) is 0 Å².